The zero-order valence-electron chi connectivity index (χ0n) is 16.0. The molecule has 154 valence electrons. The minimum atomic E-state index is -3.73. The molecule has 0 atom stereocenters. The average molecular weight is 423 g/mol. The molecule has 0 radical (unpaired) electrons. The maximum Gasteiger partial charge on any atom is 0.323 e. The number of hydrogen-bond donors (Lipinski definition) is 4. The molecule has 0 bridgehead atoms. The van der Waals surface area contributed by atoms with Crippen molar-refractivity contribution in [2.24, 2.45) is 5.73 Å². The Balaban J connectivity index is 1.77. The standard InChI is InChI=1S/C21H21N5O3S/c1-15(22)14-24-30(28,29)20-7-3-5-17(13-20)16-4-2-6-19(12-16)26-21(27)25-18-8-10-23-11-9-18/h2-13,24H,1,14,22H2,(H2,23,25,26,27). The van der Waals surface area contributed by atoms with E-state index >= 15 is 0 Å². The van der Waals surface area contributed by atoms with E-state index < -0.39 is 16.1 Å². The van der Waals surface area contributed by atoms with Crippen molar-refractivity contribution in [1.29, 1.82) is 0 Å². The largest absolute Gasteiger partial charge is 0.401 e. The van der Waals surface area contributed by atoms with E-state index in [0.717, 1.165) is 5.56 Å². The molecular weight excluding hydrogens is 402 g/mol. The molecule has 0 aliphatic carbocycles. The zero-order chi connectivity index (χ0) is 21.6. The first-order chi connectivity index (χ1) is 14.3. The van der Waals surface area contributed by atoms with Gasteiger partial charge in [-0.2, -0.15) is 0 Å². The second-order valence-corrected chi connectivity index (χ2v) is 8.17. The van der Waals surface area contributed by atoms with E-state index in [0.29, 0.717) is 16.9 Å². The molecule has 3 rings (SSSR count). The summed E-state index contributed by atoms with van der Waals surface area (Å²) in [6.07, 6.45) is 3.16. The molecule has 8 nitrogen and oxygen atoms in total. The van der Waals surface area contributed by atoms with E-state index in [1.165, 1.54) is 6.07 Å². The maximum absolute atomic E-state index is 12.4. The third-order valence-corrected chi connectivity index (χ3v) is 5.42. The molecule has 0 saturated carbocycles. The number of carbonyl (C=O) groups is 1. The van der Waals surface area contributed by atoms with Gasteiger partial charge in [0.1, 0.15) is 0 Å². The summed E-state index contributed by atoms with van der Waals surface area (Å²) in [4.78, 5) is 16.2. The monoisotopic (exact) mass is 423 g/mol. The van der Waals surface area contributed by atoms with Gasteiger partial charge in [0, 0.05) is 36.0 Å². The molecule has 3 aromatic rings. The summed E-state index contributed by atoms with van der Waals surface area (Å²) < 4.78 is 27.2. The predicted octanol–water partition coefficient (Wildman–Crippen LogP) is 3.14. The molecule has 1 aromatic heterocycles. The highest BCUT2D eigenvalue weighted by atomic mass is 32.2. The van der Waals surface area contributed by atoms with Crippen LogP contribution in [0.1, 0.15) is 0 Å². The summed E-state index contributed by atoms with van der Waals surface area (Å²) in [5, 5.41) is 5.46. The van der Waals surface area contributed by atoms with Gasteiger partial charge in [-0.1, -0.05) is 30.8 Å². The van der Waals surface area contributed by atoms with E-state index in [4.69, 9.17) is 5.73 Å². The molecule has 2 amide bonds. The van der Waals surface area contributed by atoms with Crippen LogP contribution in [0.25, 0.3) is 11.1 Å². The number of sulfonamides is 1. The molecule has 0 fully saturated rings. The lowest BCUT2D eigenvalue weighted by Crippen LogP contribution is -2.27. The second-order valence-electron chi connectivity index (χ2n) is 6.41. The fourth-order valence-electron chi connectivity index (χ4n) is 2.62. The second kappa shape index (κ2) is 9.21. The summed E-state index contributed by atoms with van der Waals surface area (Å²) in [5.74, 6) is 0. The Hall–Kier alpha value is -3.69. The van der Waals surface area contributed by atoms with Gasteiger partial charge in [-0.15, -0.1) is 0 Å². The summed E-state index contributed by atoms with van der Waals surface area (Å²) in [5.41, 5.74) is 8.27. The van der Waals surface area contributed by atoms with Gasteiger partial charge in [-0.3, -0.25) is 4.98 Å². The number of benzene rings is 2. The van der Waals surface area contributed by atoms with Crippen LogP contribution >= 0.6 is 0 Å². The smallest absolute Gasteiger partial charge is 0.323 e. The highest BCUT2D eigenvalue weighted by molar-refractivity contribution is 7.89. The normalized spacial score (nSPS) is 10.9. The number of hydrogen-bond acceptors (Lipinski definition) is 5. The number of amides is 2. The molecule has 30 heavy (non-hydrogen) atoms. The average Bonchev–Trinajstić information content (AvgIpc) is 2.73. The Morgan fingerprint density at radius 2 is 1.57 bits per heavy atom. The molecule has 1 heterocycles. The molecule has 5 N–H and O–H groups in total. The molecule has 0 spiro atoms. The lowest BCUT2D eigenvalue weighted by atomic mass is 10.1. The van der Waals surface area contributed by atoms with Crippen molar-refractivity contribution >= 4 is 27.4 Å². The number of nitrogens with zero attached hydrogens (tertiary/aromatic N) is 1. The number of aromatic nitrogens is 1. The number of urea groups is 1. The molecular formula is C21H21N5O3S. The van der Waals surface area contributed by atoms with Crippen LogP contribution in [0.2, 0.25) is 0 Å². The van der Waals surface area contributed by atoms with Crippen molar-refractivity contribution in [3.05, 3.63) is 85.3 Å². The first kappa shape index (κ1) is 21.0. The number of nitrogens with one attached hydrogen (secondary N) is 3. The number of rotatable bonds is 7. The van der Waals surface area contributed by atoms with Crippen molar-refractivity contribution in [3.63, 3.8) is 0 Å². The van der Waals surface area contributed by atoms with Gasteiger partial charge in [-0.05, 0) is 47.5 Å². The zero-order valence-corrected chi connectivity index (χ0v) is 16.8. The molecule has 0 saturated heterocycles. The minimum Gasteiger partial charge on any atom is -0.401 e. The summed E-state index contributed by atoms with van der Waals surface area (Å²) in [7, 11) is -3.73. The van der Waals surface area contributed by atoms with Gasteiger partial charge in [0.25, 0.3) is 0 Å². The number of nitrogens with two attached hydrogens (primary N) is 1. The fraction of sp³-hybridized carbons (Fsp3) is 0.0476. The Morgan fingerprint density at radius 1 is 0.933 bits per heavy atom. The van der Waals surface area contributed by atoms with Gasteiger partial charge in [0.2, 0.25) is 10.0 Å². The van der Waals surface area contributed by atoms with Crippen molar-refractivity contribution in [3.8, 4) is 11.1 Å². The van der Waals surface area contributed by atoms with E-state index in [2.05, 4.69) is 26.9 Å². The van der Waals surface area contributed by atoms with E-state index in [1.54, 1.807) is 60.9 Å². The predicted molar refractivity (Wildman–Crippen MR) is 117 cm³/mol. The van der Waals surface area contributed by atoms with Crippen molar-refractivity contribution < 1.29 is 13.2 Å². The topological polar surface area (TPSA) is 126 Å². The van der Waals surface area contributed by atoms with Crippen LogP contribution in [0, 0.1) is 0 Å². The highest BCUT2D eigenvalue weighted by Gasteiger charge is 2.14. The van der Waals surface area contributed by atoms with Crippen LogP contribution in [-0.2, 0) is 10.0 Å². The lowest BCUT2D eigenvalue weighted by molar-refractivity contribution is 0.262. The minimum absolute atomic E-state index is 0.0431. The number of anilines is 2. The number of carbonyl (C=O) groups excluding carboxylic acids is 1. The van der Waals surface area contributed by atoms with Gasteiger partial charge in [0.15, 0.2) is 0 Å². The van der Waals surface area contributed by atoms with E-state index in [1.807, 2.05) is 6.07 Å². The summed E-state index contributed by atoms with van der Waals surface area (Å²) in [6, 6.07) is 16.5. The van der Waals surface area contributed by atoms with Crippen molar-refractivity contribution in [1.82, 2.24) is 9.71 Å². The molecule has 0 unspecified atom stereocenters. The first-order valence-corrected chi connectivity index (χ1v) is 10.4. The van der Waals surface area contributed by atoms with Crippen molar-refractivity contribution in [2.45, 2.75) is 4.90 Å². The molecule has 2 aromatic carbocycles. The Bertz CT molecular complexity index is 1160. The van der Waals surface area contributed by atoms with Crippen LogP contribution in [0.3, 0.4) is 0 Å². The van der Waals surface area contributed by atoms with Crippen LogP contribution < -0.4 is 21.1 Å². The summed E-state index contributed by atoms with van der Waals surface area (Å²) in [6.45, 7) is 3.44. The quantitative estimate of drug-likeness (QED) is 0.464. The Kier molecular flexibility index (Phi) is 6.45. The highest BCUT2D eigenvalue weighted by Crippen LogP contribution is 2.25. The Morgan fingerprint density at radius 3 is 2.27 bits per heavy atom. The summed E-state index contributed by atoms with van der Waals surface area (Å²) >= 11 is 0. The lowest BCUT2D eigenvalue weighted by Gasteiger charge is -2.11. The third kappa shape index (κ3) is 5.66. The fourth-order valence-corrected chi connectivity index (χ4v) is 3.70. The Labute approximate surface area is 174 Å². The molecule has 0 aliphatic rings. The van der Waals surface area contributed by atoms with Crippen LogP contribution in [0.15, 0.2) is 90.2 Å². The van der Waals surface area contributed by atoms with Gasteiger partial charge in [0.05, 0.1) is 4.90 Å². The maximum atomic E-state index is 12.4. The van der Waals surface area contributed by atoms with E-state index in [-0.39, 0.29) is 17.1 Å². The van der Waals surface area contributed by atoms with Gasteiger partial charge >= 0.3 is 6.03 Å². The van der Waals surface area contributed by atoms with Gasteiger partial charge < -0.3 is 16.4 Å². The number of pyridine rings is 1. The van der Waals surface area contributed by atoms with Crippen molar-refractivity contribution in [2.75, 3.05) is 17.2 Å². The van der Waals surface area contributed by atoms with Crippen LogP contribution in [0.5, 0.6) is 0 Å². The third-order valence-electron chi connectivity index (χ3n) is 4.03. The van der Waals surface area contributed by atoms with E-state index in [9.17, 15) is 13.2 Å². The SMILES string of the molecule is C=C(N)CNS(=O)(=O)c1cccc(-c2cccc(NC(=O)Nc3ccncc3)c2)c1. The molecule has 9 heteroatoms. The first-order valence-electron chi connectivity index (χ1n) is 8.95. The molecule has 0 aliphatic heterocycles. The van der Waals surface area contributed by atoms with Crippen LogP contribution in [0.4, 0.5) is 16.2 Å². The van der Waals surface area contributed by atoms with Crippen LogP contribution in [-0.4, -0.2) is 26.0 Å². The van der Waals surface area contributed by atoms with Gasteiger partial charge in [-0.25, -0.2) is 17.9 Å².